The average molecular weight is 462 g/mol. The van der Waals surface area contributed by atoms with E-state index in [1.807, 2.05) is 0 Å². The van der Waals surface area contributed by atoms with Crippen LogP contribution in [0.15, 0.2) is 41.3 Å². The van der Waals surface area contributed by atoms with Gasteiger partial charge in [0.2, 0.25) is 11.8 Å². The highest BCUT2D eigenvalue weighted by Crippen LogP contribution is 2.37. The van der Waals surface area contributed by atoms with Crippen LogP contribution in [0.1, 0.15) is 17.0 Å². The number of nitrogens with one attached hydrogen (secondary N) is 2. The summed E-state index contributed by atoms with van der Waals surface area (Å²) in [7, 11) is -3.73. The number of sulfone groups is 1. The predicted molar refractivity (Wildman–Crippen MR) is 98.8 cm³/mol. The molecule has 1 heterocycles. The van der Waals surface area contributed by atoms with Crippen LogP contribution in [-0.2, 0) is 25.6 Å². The van der Waals surface area contributed by atoms with Gasteiger partial charge in [-0.1, -0.05) is 12.1 Å². The van der Waals surface area contributed by atoms with Gasteiger partial charge in [-0.15, -0.1) is 0 Å². The summed E-state index contributed by atoms with van der Waals surface area (Å²) in [5.74, 6) is -8.27. The number of halogens is 5. The molecule has 166 valence electrons. The minimum absolute atomic E-state index is 0.113. The highest BCUT2D eigenvalue weighted by atomic mass is 32.2. The van der Waals surface area contributed by atoms with Crippen LogP contribution in [0.5, 0.6) is 0 Å². The van der Waals surface area contributed by atoms with Crippen molar-refractivity contribution >= 4 is 27.3 Å². The number of carbonyl (C=O) groups is 2. The van der Waals surface area contributed by atoms with Crippen molar-refractivity contribution < 1.29 is 40.0 Å². The second-order valence-corrected chi connectivity index (χ2v) is 8.93. The summed E-state index contributed by atoms with van der Waals surface area (Å²) in [5, 5.41) is 4.64. The van der Waals surface area contributed by atoms with Gasteiger partial charge in [-0.2, -0.15) is 13.2 Å². The first-order valence-corrected chi connectivity index (χ1v) is 10.6. The number of hydrogen-bond acceptors (Lipinski definition) is 4. The van der Waals surface area contributed by atoms with Crippen molar-refractivity contribution in [2.75, 3.05) is 18.1 Å². The van der Waals surface area contributed by atoms with Crippen LogP contribution >= 0.6 is 0 Å². The van der Waals surface area contributed by atoms with Crippen molar-refractivity contribution in [3.63, 3.8) is 0 Å². The maximum atomic E-state index is 14.0. The summed E-state index contributed by atoms with van der Waals surface area (Å²) in [6, 6.07) is 6.25. The van der Waals surface area contributed by atoms with E-state index in [9.17, 15) is 40.0 Å². The molecule has 1 saturated heterocycles. The van der Waals surface area contributed by atoms with E-state index in [1.165, 1.54) is 24.3 Å². The highest BCUT2D eigenvalue weighted by molar-refractivity contribution is 7.90. The lowest BCUT2D eigenvalue weighted by Gasteiger charge is -2.19. The number of amides is 2. The fraction of sp³-hybridized carbons (Fsp3) is 0.263. The van der Waals surface area contributed by atoms with Crippen LogP contribution < -0.4 is 10.6 Å². The van der Waals surface area contributed by atoms with Crippen LogP contribution in [0.25, 0.3) is 0 Å². The Morgan fingerprint density at radius 1 is 1.13 bits per heavy atom. The van der Waals surface area contributed by atoms with Gasteiger partial charge >= 0.3 is 6.18 Å². The molecule has 6 nitrogen and oxygen atoms in total. The molecular formula is C19H15F5N2O4S. The standard InChI is InChI=1S/C19H15F5N2O4S/c1-31(29,30)14-5-3-2-4-13(14)26-18(28)15-10(8-25-17(15)27)9-6-11(20)16(12(21)7-9)19(22,23)24/h2-7,10,15H,8H2,1H3,(H,25,27)(H,26,28)/t10-,15-/m1/s1. The smallest absolute Gasteiger partial charge is 0.355 e. The van der Waals surface area contributed by atoms with E-state index in [2.05, 4.69) is 10.6 Å². The third-order valence-corrected chi connectivity index (χ3v) is 5.94. The first-order valence-electron chi connectivity index (χ1n) is 8.74. The van der Waals surface area contributed by atoms with Crippen molar-refractivity contribution in [1.29, 1.82) is 0 Å². The van der Waals surface area contributed by atoms with Crippen LogP contribution in [0, 0.1) is 17.6 Å². The fourth-order valence-corrected chi connectivity index (χ4v) is 4.26. The quantitative estimate of drug-likeness (QED) is 0.540. The molecular weight excluding hydrogens is 447 g/mol. The van der Waals surface area contributed by atoms with Gasteiger partial charge in [0.25, 0.3) is 0 Å². The SMILES string of the molecule is CS(=O)(=O)c1ccccc1NC(=O)[C@H]1C(=O)NC[C@@H]1c1cc(F)c(C(F)(F)F)c(F)c1. The molecule has 12 heteroatoms. The van der Waals surface area contributed by atoms with Crippen molar-refractivity contribution in [2.24, 2.45) is 5.92 Å². The van der Waals surface area contributed by atoms with Gasteiger partial charge in [0, 0.05) is 18.7 Å². The van der Waals surface area contributed by atoms with Gasteiger partial charge in [0.15, 0.2) is 9.84 Å². The summed E-state index contributed by atoms with van der Waals surface area (Å²) >= 11 is 0. The second-order valence-electron chi connectivity index (χ2n) is 6.94. The molecule has 2 atom stereocenters. The van der Waals surface area contributed by atoms with E-state index in [0.717, 1.165) is 6.26 Å². The Morgan fingerprint density at radius 3 is 2.26 bits per heavy atom. The number of benzene rings is 2. The van der Waals surface area contributed by atoms with Crippen molar-refractivity contribution in [3.05, 3.63) is 59.2 Å². The second kappa shape index (κ2) is 7.91. The van der Waals surface area contributed by atoms with E-state index in [-0.39, 0.29) is 22.7 Å². The summed E-state index contributed by atoms with van der Waals surface area (Å²) in [4.78, 5) is 24.7. The van der Waals surface area contributed by atoms with E-state index in [4.69, 9.17) is 0 Å². The molecule has 31 heavy (non-hydrogen) atoms. The molecule has 1 aliphatic heterocycles. The molecule has 0 unspecified atom stereocenters. The number of alkyl halides is 3. The fourth-order valence-electron chi connectivity index (χ4n) is 3.41. The van der Waals surface area contributed by atoms with Crippen LogP contribution in [0.2, 0.25) is 0 Å². The molecule has 0 spiro atoms. The number of para-hydroxylation sites is 1. The first kappa shape index (κ1) is 22.7. The molecule has 0 aliphatic carbocycles. The molecule has 0 saturated carbocycles. The van der Waals surface area contributed by atoms with Gasteiger partial charge in [-0.25, -0.2) is 17.2 Å². The highest BCUT2D eigenvalue weighted by Gasteiger charge is 2.43. The van der Waals surface area contributed by atoms with Gasteiger partial charge in [-0.3, -0.25) is 9.59 Å². The van der Waals surface area contributed by atoms with Gasteiger partial charge < -0.3 is 10.6 Å². The maximum Gasteiger partial charge on any atom is 0.422 e. The van der Waals surface area contributed by atoms with Gasteiger partial charge in [-0.05, 0) is 29.8 Å². The molecule has 0 radical (unpaired) electrons. The zero-order chi connectivity index (χ0) is 23.1. The van der Waals surface area contributed by atoms with E-state index in [0.29, 0.717) is 12.1 Å². The number of hydrogen-bond donors (Lipinski definition) is 2. The van der Waals surface area contributed by atoms with Crippen molar-refractivity contribution in [3.8, 4) is 0 Å². The largest absolute Gasteiger partial charge is 0.422 e. The Morgan fingerprint density at radius 2 is 1.71 bits per heavy atom. The topological polar surface area (TPSA) is 92.3 Å². The molecule has 3 rings (SSSR count). The third kappa shape index (κ3) is 4.53. The van der Waals surface area contributed by atoms with Gasteiger partial charge in [0.05, 0.1) is 10.6 Å². The lowest BCUT2D eigenvalue weighted by Crippen LogP contribution is -2.32. The normalized spacial score (nSPS) is 19.2. The van der Waals surface area contributed by atoms with Crippen LogP contribution in [0.4, 0.5) is 27.6 Å². The first-order chi connectivity index (χ1) is 14.3. The molecule has 2 amide bonds. The number of anilines is 1. The Balaban J connectivity index is 1.96. The monoisotopic (exact) mass is 462 g/mol. The number of rotatable bonds is 4. The van der Waals surface area contributed by atoms with Crippen molar-refractivity contribution in [1.82, 2.24) is 5.32 Å². The molecule has 0 aromatic heterocycles. The Bertz CT molecular complexity index is 1140. The molecule has 2 aromatic carbocycles. The van der Waals surface area contributed by atoms with Crippen LogP contribution in [-0.4, -0.2) is 33.0 Å². The summed E-state index contributed by atoms with van der Waals surface area (Å²) < 4.78 is 90.2. The summed E-state index contributed by atoms with van der Waals surface area (Å²) in [6.45, 7) is -0.255. The molecule has 0 bridgehead atoms. The molecule has 2 aromatic rings. The summed E-state index contributed by atoms with van der Waals surface area (Å²) in [5.41, 5.74) is -2.51. The van der Waals surface area contributed by atoms with E-state index < -0.39 is 56.9 Å². The summed E-state index contributed by atoms with van der Waals surface area (Å²) in [6.07, 6.45) is -4.35. The Hall–Kier alpha value is -3.02. The van der Waals surface area contributed by atoms with E-state index >= 15 is 0 Å². The zero-order valence-corrected chi connectivity index (χ0v) is 16.6. The van der Waals surface area contributed by atoms with Gasteiger partial charge in [0.1, 0.15) is 23.1 Å². The third-order valence-electron chi connectivity index (χ3n) is 4.78. The predicted octanol–water partition coefficient (Wildman–Crippen LogP) is 2.86. The Kier molecular flexibility index (Phi) is 5.78. The number of carbonyl (C=O) groups excluding carboxylic acids is 2. The van der Waals surface area contributed by atoms with Crippen molar-refractivity contribution in [2.45, 2.75) is 17.0 Å². The minimum Gasteiger partial charge on any atom is -0.355 e. The Labute approximate surface area is 173 Å². The maximum absolute atomic E-state index is 14.0. The molecule has 1 aliphatic rings. The molecule has 1 fully saturated rings. The average Bonchev–Trinajstić information content (AvgIpc) is 3.01. The van der Waals surface area contributed by atoms with Crippen LogP contribution in [0.3, 0.4) is 0 Å². The molecule has 2 N–H and O–H groups in total. The van der Waals surface area contributed by atoms with E-state index in [1.54, 1.807) is 0 Å². The zero-order valence-electron chi connectivity index (χ0n) is 15.8. The lowest BCUT2D eigenvalue weighted by molar-refractivity contribution is -0.142. The lowest BCUT2D eigenvalue weighted by atomic mass is 9.87. The minimum atomic E-state index is -5.26.